The van der Waals surface area contributed by atoms with Gasteiger partial charge in [-0.25, -0.2) is 0 Å². The van der Waals surface area contributed by atoms with Crippen molar-refractivity contribution >= 4 is 11.6 Å². The van der Waals surface area contributed by atoms with Gasteiger partial charge in [0.2, 0.25) is 0 Å². The maximum atomic E-state index is 5.61. The molecule has 0 N–H and O–H groups in total. The summed E-state index contributed by atoms with van der Waals surface area (Å²) >= 11 is 5.61. The van der Waals surface area contributed by atoms with Crippen molar-refractivity contribution in [2.24, 2.45) is 0 Å². The minimum atomic E-state index is 0.667. The third-order valence-corrected chi connectivity index (χ3v) is 2.06. The first kappa shape index (κ1) is 13.7. The van der Waals surface area contributed by atoms with Crippen LogP contribution in [0, 0.1) is 6.92 Å². The van der Waals surface area contributed by atoms with Crippen LogP contribution in [0.2, 0.25) is 0 Å². The summed E-state index contributed by atoms with van der Waals surface area (Å²) in [6, 6.07) is 10.3. The zero-order valence-electron chi connectivity index (χ0n) is 9.33. The molecule has 0 saturated heterocycles. The molecule has 0 amide bonds. The fourth-order valence-electron chi connectivity index (χ4n) is 0.780. The van der Waals surface area contributed by atoms with E-state index in [-0.39, 0.29) is 0 Å². The van der Waals surface area contributed by atoms with E-state index in [1.807, 2.05) is 25.1 Å². The number of aryl methyl sites for hydroxylation is 1. The third-order valence-electron chi connectivity index (χ3n) is 1.61. The standard InChI is InChI=1S/C7H9Cl.C7H8/c1-4-5-7(8)6(2)3;1-7-5-3-2-4-6-7/h4-5H,1-2H2,3H3;2-6H,1H3/b7-5+;. The summed E-state index contributed by atoms with van der Waals surface area (Å²) in [5.74, 6) is 0. The number of hydrogen-bond donors (Lipinski definition) is 0. The molecule has 0 aliphatic carbocycles. The maximum Gasteiger partial charge on any atom is 0.0429 e. The molecule has 0 unspecified atom stereocenters. The van der Waals surface area contributed by atoms with Crippen LogP contribution in [-0.4, -0.2) is 0 Å². The van der Waals surface area contributed by atoms with Gasteiger partial charge >= 0.3 is 0 Å². The normalized spacial score (nSPS) is 9.93. The van der Waals surface area contributed by atoms with E-state index >= 15 is 0 Å². The van der Waals surface area contributed by atoms with E-state index in [2.05, 4.69) is 32.2 Å². The molecule has 0 aromatic heterocycles. The van der Waals surface area contributed by atoms with Crippen molar-refractivity contribution in [1.29, 1.82) is 0 Å². The number of benzene rings is 1. The quantitative estimate of drug-likeness (QED) is 0.624. The lowest BCUT2D eigenvalue weighted by atomic mass is 10.2. The Balaban J connectivity index is 0.000000262. The molecule has 0 saturated carbocycles. The molecule has 15 heavy (non-hydrogen) atoms. The van der Waals surface area contributed by atoms with Crippen molar-refractivity contribution < 1.29 is 0 Å². The summed E-state index contributed by atoms with van der Waals surface area (Å²) in [5, 5.41) is 0.667. The van der Waals surface area contributed by atoms with Crippen LogP contribution in [0.4, 0.5) is 0 Å². The summed E-state index contributed by atoms with van der Waals surface area (Å²) in [4.78, 5) is 0. The van der Waals surface area contributed by atoms with Gasteiger partial charge in [0.25, 0.3) is 0 Å². The van der Waals surface area contributed by atoms with E-state index in [1.54, 1.807) is 12.2 Å². The van der Waals surface area contributed by atoms with Gasteiger partial charge < -0.3 is 0 Å². The van der Waals surface area contributed by atoms with Gasteiger partial charge in [0, 0.05) is 5.03 Å². The van der Waals surface area contributed by atoms with Crippen LogP contribution in [-0.2, 0) is 0 Å². The summed E-state index contributed by atoms with van der Waals surface area (Å²) in [6.07, 6.45) is 3.35. The van der Waals surface area contributed by atoms with E-state index < -0.39 is 0 Å². The van der Waals surface area contributed by atoms with Crippen LogP contribution >= 0.6 is 11.6 Å². The molecule has 0 aliphatic rings. The molecular weight excluding hydrogens is 204 g/mol. The number of rotatable bonds is 2. The molecule has 0 aliphatic heterocycles. The number of halogens is 1. The van der Waals surface area contributed by atoms with E-state index in [0.29, 0.717) is 5.03 Å². The Bertz CT molecular complexity index is 334. The van der Waals surface area contributed by atoms with Crippen molar-refractivity contribution in [3.8, 4) is 0 Å². The topological polar surface area (TPSA) is 0 Å². The second kappa shape index (κ2) is 8.07. The fourth-order valence-corrected chi connectivity index (χ4v) is 0.869. The SMILES string of the molecule is C=C/C=C(/Cl)C(=C)C.Cc1ccccc1. The van der Waals surface area contributed by atoms with Crippen LogP contribution in [0.5, 0.6) is 0 Å². The lowest BCUT2D eigenvalue weighted by Gasteiger charge is -1.89. The van der Waals surface area contributed by atoms with E-state index in [4.69, 9.17) is 11.6 Å². The molecule has 0 atom stereocenters. The molecule has 0 nitrogen and oxygen atoms in total. The fraction of sp³-hybridized carbons (Fsp3) is 0.143. The van der Waals surface area contributed by atoms with Crippen LogP contribution in [0.3, 0.4) is 0 Å². The predicted octanol–water partition coefficient (Wildman–Crippen LogP) is 4.87. The zero-order chi connectivity index (χ0) is 11.7. The van der Waals surface area contributed by atoms with Gasteiger partial charge in [-0.2, -0.15) is 0 Å². The van der Waals surface area contributed by atoms with Crippen molar-refractivity contribution in [3.63, 3.8) is 0 Å². The highest BCUT2D eigenvalue weighted by Crippen LogP contribution is 2.10. The second-order valence-corrected chi connectivity index (χ2v) is 3.59. The van der Waals surface area contributed by atoms with Crippen LogP contribution in [0.15, 0.2) is 66.2 Å². The van der Waals surface area contributed by atoms with E-state index in [1.165, 1.54) is 5.56 Å². The number of allylic oxidation sites excluding steroid dienone is 4. The zero-order valence-corrected chi connectivity index (χ0v) is 10.1. The number of hydrogen-bond acceptors (Lipinski definition) is 0. The molecular formula is C14H17Cl. The molecule has 1 aromatic rings. The van der Waals surface area contributed by atoms with Crippen molar-refractivity contribution in [3.05, 3.63) is 71.8 Å². The Morgan fingerprint density at radius 1 is 1.27 bits per heavy atom. The molecule has 1 rings (SSSR count). The molecule has 0 radical (unpaired) electrons. The second-order valence-electron chi connectivity index (χ2n) is 3.19. The lowest BCUT2D eigenvalue weighted by molar-refractivity contribution is 1.48. The first-order valence-corrected chi connectivity index (χ1v) is 5.11. The average Bonchev–Trinajstić information content (AvgIpc) is 2.20. The lowest BCUT2D eigenvalue weighted by Crippen LogP contribution is -1.68. The molecule has 1 heteroatoms. The summed E-state index contributed by atoms with van der Waals surface area (Å²) in [5.41, 5.74) is 2.19. The van der Waals surface area contributed by atoms with Crippen molar-refractivity contribution in [2.45, 2.75) is 13.8 Å². The third kappa shape index (κ3) is 7.77. The predicted molar refractivity (Wildman–Crippen MR) is 70.1 cm³/mol. The van der Waals surface area contributed by atoms with Gasteiger partial charge in [-0.1, -0.05) is 66.7 Å². The average molecular weight is 221 g/mol. The highest BCUT2D eigenvalue weighted by atomic mass is 35.5. The maximum absolute atomic E-state index is 5.61. The molecule has 0 spiro atoms. The van der Waals surface area contributed by atoms with Gasteiger partial charge in [0.05, 0.1) is 0 Å². The van der Waals surface area contributed by atoms with E-state index in [9.17, 15) is 0 Å². The molecule has 1 aromatic carbocycles. The Labute approximate surface area is 97.6 Å². The Hall–Kier alpha value is -1.27. The Morgan fingerprint density at radius 3 is 2.00 bits per heavy atom. The molecule has 0 bridgehead atoms. The molecule has 0 heterocycles. The Kier molecular flexibility index (Phi) is 7.39. The van der Waals surface area contributed by atoms with Crippen LogP contribution in [0.1, 0.15) is 12.5 Å². The van der Waals surface area contributed by atoms with Gasteiger partial charge in [0.1, 0.15) is 0 Å². The van der Waals surface area contributed by atoms with Crippen molar-refractivity contribution in [1.82, 2.24) is 0 Å². The summed E-state index contributed by atoms with van der Waals surface area (Å²) in [6.45, 7) is 11.0. The minimum absolute atomic E-state index is 0.667. The summed E-state index contributed by atoms with van der Waals surface area (Å²) < 4.78 is 0. The largest absolute Gasteiger partial charge is 0.0990 e. The molecule has 80 valence electrons. The first-order valence-electron chi connectivity index (χ1n) is 4.73. The van der Waals surface area contributed by atoms with Crippen LogP contribution in [0.25, 0.3) is 0 Å². The Morgan fingerprint density at radius 2 is 1.80 bits per heavy atom. The van der Waals surface area contributed by atoms with Gasteiger partial charge in [-0.05, 0) is 25.5 Å². The monoisotopic (exact) mass is 220 g/mol. The van der Waals surface area contributed by atoms with Crippen LogP contribution < -0.4 is 0 Å². The first-order chi connectivity index (χ1) is 7.07. The van der Waals surface area contributed by atoms with Gasteiger partial charge in [-0.3, -0.25) is 0 Å². The molecule has 0 fully saturated rings. The van der Waals surface area contributed by atoms with Crippen molar-refractivity contribution in [2.75, 3.05) is 0 Å². The smallest absolute Gasteiger partial charge is 0.0429 e. The van der Waals surface area contributed by atoms with Gasteiger partial charge in [0.15, 0.2) is 0 Å². The highest BCUT2D eigenvalue weighted by Gasteiger charge is 1.85. The minimum Gasteiger partial charge on any atom is -0.0990 e. The van der Waals surface area contributed by atoms with E-state index in [0.717, 1.165) is 5.57 Å². The van der Waals surface area contributed by atoms with Gasteiger partial charge in [-0.15, -0.1) is 0 Å². The summed E-state index contributed by atoms with van der Waals surface area (Å²) in [7, 11) is 0. The highest BCUT2D eigenvalue weighted by molar-refractivity contribution is 6.31.